The first-order valence-electron chi connectivity index (χ1n) is 7.26. The van der Waals surface area contributed by atoms with Gasteiger partial charge in [-0.15, -0.1) is 19.7 Å². The molecule has 0 bridgehead atoms. The molecule has 0 saturated heterocycles. The minimum absolute atomic E-state index is 0.162. The number of hydrogen-bond acceptors (Lipinski definition) is 1. The van der Waals surface area contributed by atoms with Crippen molar-refractivity contribution >= 4 is 5.78 Å². The number of hydrogen-bond donors (Lipinski definition) is 0. The Bertz CT molecular complexity index is 470. The number of allylic oxidation sites excluding steroid dienone is 5. The highest BCUT2D eigenvalue weighted by atomic mass is 16.1. The molecule has 1 heteroatoms. The van der Waals surface area contributed by atoms with Gasteiger partial charge in [0.1, 0.15) is 5.78 Å². The van der Waals surface area contributed by atoms with Crippen molar-refractivity contribution in [3.05, 3.63) is 50.1 Å². The Morgan fingerprint density at radius 2 is 2.00 bits per heavy atom. The molecule has 0 aromatic heterocycles. The minimum Gasteiger partial charge on any atom is -0.299 e. The molecule has 1 nitrogen and oxygen atoms in total. The van der Waals surface area contributed by atoms with E-state index in [1.165, 1.54) is 0 Å². The summed E-state index contributed by atoms with van der Waals surface area (Å²) in [7, 11) is 0. The molecule has 0 radical (unpaired) electrons. The lowest BCUT2D eigenvalue weighted by molar-refractivity contribution is -0.130. The first-order chi connectivity index (χ1) is 9.19. The summed E-state index contributed by atoms with van der Waals surface area (Å²) in [6.07, 6.45) is 13.2. The number of carbonyl (C=O) groups is 1. The Kier molecular flexibility index (Phi) is 2.88. The maximum Gasteiger partial charge on any atom is 0.144 e. The van der Waals surface area contributed by atoms with Crippen LogP contribution in [-0.2, 0) is 4.79 Å². The molecule has 2 saturated carbocycles. The average Bonchev–Trinajstić information content (AvgIpc) is 3.03. The highest BCUT2D eigenvalue weighted by molar-refractivity contribution is 5.92. The number of fused-ring (bicyclic) bond motifs is 3. The van der Waals surface area contributed by atoms with E-state index in [-0.39, 0.29) is 11.3 Å². The molecular formula is C18H22O. The smallest absolute Gasteiger partial charge is 0.144 e. The molecule has 3 aliphatic rings. The first-order valence-corrected chi connectivity index (χ1v) is 7.26. The third kappa shape index (κ3) is 1.45. The Hall–Kier alpha value is -1.37. The normalized spacial score (nSPS) is 46.9. The topological polar surface area (TPSA) is 17.1 Å². The van der Waals surface area contributed by atoms with Gasteiger partial charge < -0.3 is 0 Å². The number of rotatable bonds is 4. The zero-order valence-electron chi connectivity index (χ0n) is 11.4. The lowest BCUT2D eigenvalue weighted by Gasteiger charge is -2.30. The number of ketones is 1. The van der Waals surface area contributed by atoms with Crippen molar-refractivity contribution in [3.8, 4) is 0 Å². The minimum atomic E-state index is -0.194. The Morgan fingerprint density at radius 3 is 2.63 bits per heavy atom. The van der Waals surface area contributed by atoms with E-state index in [2.05, 4.69) is 38.0 Å². The van der Waals surface area contributed by atoms with E-state index in [9.17, 15) is 4.79 Å². The van der Waals surface area contributed by atoms with Gasteiger partial charge in [-0.1, -0.05) is 30.4 Å². The molecule has 3 aliphatic carbocycles. The van der Waals surface area contributed by atoms with Gasteiger partial charge in [0.2, 0.25) is 0 Å². The summed E-state index contributed by atoms with van der Waals surface area (Å²) >= 11 is 0. The van der Waals surface area contributed by atoms with Crippen LogP contribution < -0.4 is 0 Å². The van der Waals surface area contributed by atoms with Crippen LogP contribution in [0.4, 0.5) is 0 Å². The van der Waals surface area contributed by atoms with Gasteiger partial charge in [-0.25, -0.2) is 0 Å². The summed E-state index contributed by atoms with van der Waals surface area (Å²) in [5.74, 6) is 2.23. The summed E-state index contributed by atoms with van der Waals surface area (Å²) in [6, 6.07) is 0. The summed E-state index contributed by atoms with van der Waals surface area (Å²) in [5.41, 5.74) is -0.194. The van der Waals surface area contributed by atoms with Gasteiger partial charge in [0, 0.05) is 11.3 Å². The fraction of sp³-hybridized carbons (Fsp3) is 0.500. The predicted molar refractivity (Wildman–Crippen MR) is 78.5 cm³/mol. The van der Waals surface area contributed by atoms with Gasteiger partial charge in [0.05, 0.1) is 0 Å². The van der Waals surface area contributed by atoms with Crippen LogP contribution in [0.1, 0.15) is 19.3 Å². The van der Waals surface area contributed by atoms with Crippen molar-refractivity contribution in [2.45, 2.75) is 19.3 Å². The van der Waals surface area contributed by atoms with Gasteiger partial charge in [0.15, 0.2) is 0 Å². The highest BCUT2D eigenvalue weighted by Gasteiger charge is 2.64. The van der Waals surface area contributed by atoms with Crippen LogP contribution in [0.3, 0.4) is 0 Å². The van der Waals surface area contributed by atoms with E-state index >= 15 is 0 Å². The fourth-order valence-corrected chi connectivity index (χ4v) is 4.94. The molecule has 0 aromatic carbocycles. The molecule has 0 aliphatic heterocycles. The van der Waals surface area contributed by atoms with Crippen molar-refractivity contribution in [2.75, 3.05) is 0 Å². The van der Waals surface area contributed by atoms with Crippen LogP contribution in [0.2, 0.25) is 0 Å². The molecule has 100 valence electrons. The molecule has 0 amide bonds. The average molecular weight is 254 g/mol. The molecule has 3 rings (SSSR count). The van der Waals surface area contributed by atoms with Gasteiger partial charge in [-0.2, -0.15) is 0 Å². The van der Waals surface area contributed by atoms with E-state index in [1.807, 2.05) is 12.2 Å². The van der Waals surface area contributed by atoms with Crippen LogP contribution in [-0.4, -0.2) is 5.78 Å². The summed E-state index contributed by atoms with van der Waals surface area (Å²) < 4.78 is 0. The molecule has 2 fully saturated rings. The molecule has 0 unspecified atom stereocenters. The zero-order chi connectivity index (χ0) is 13.6. The van der Waals surface area contributed by atoms with Crippen molar-refractivity contribution < 1.29 is 4.79 Å². The quantitative estimate of drug-likeness (QED) is 0.694. The van der Waals surface area contributed by atoms with Crippen LogP contribution in [0, 0.1) is 35.0 Å². The van der Waals surface area contributed by atoms with E-state index in [0.717, 1.165) is 19.3 Å². The van der Waals surface area contributed by atoms with Gasteiger partial charge >= 0.3 is 0 Å². The van der Waals surface area contributed by atoms with Gasteiger partial charge in [-0.05, 0) is 42.9 Å². The third-order valence-electron chi connectivity index (χ3n) is 5.70. The summed E-state index contributed by atoms with van der Waals surface area (Å²) in [5, 5.41) is 0. The van der Waals surface area contributed by atoms with Crippen LogP contribution >= 0.6 is 0 Å². The second-order valence-corrected chi connectivity index (χ2v) is 6.31. The lowest BCUT2D eigenvalue weighted by atomic mass is 9.71. The fourth-order valence-electron chi connectivity index (χ4n) is 4.94. The molecule has 0 spiro atoms. The third-order valence-corrected chi connectivity index (χ3v) is 5.70. The van der Waals surface area contributed by atoms with E-state index in [1.54, 1.807) is 0 Å². The summed E-state index contributed by atoms with van der Waals surface area (Å²) in [4.78, 5) is 13.0. The van der Waals surface area contributed by atoms with Gasteiger partial charge in [-0.3, -0.25) is 4.79 Å². The van der Waals surface area contributed by atoms with E-state index < -0.39 is 0 Å². The molecule has 0 heterocycles. The lowest BCUT2D eigenvalue weighted by Crippen LogP contribution is -2.32. The predicted octanol–water partition coefficient (Wildman–Crippen LogP) is 3.95. The number of carbonyl (C=O) groups excluding carboxylic acids is 1. The Morgan fingerprint density at radius 1 is 1.26 bits per heavy atom. The van der Waals surface area contributed by atoms with Crippen molar-refractivity contribution in [1.29, 1.82) is 0 Å². The van der Waals surface area contributed by atoms with Crippen molar-refractivity contribution in [3.63, 3.8) is 0 Å². The largest absolute Gasteiger partial charge is 0.299 e. The van der Waals surface area contributed by atoms with Crippen LogP contribution in [0.25, 0.3) is 0 Å². The molecule has 0 aromatic rings. The number of Topliss-reactive ketones (excluding diaryl/α,β-unsaturated/α-hetero) is 1. The molecule has 6 atom stereocenters. The van der Waals surface area contributed by atoms with E-state index in [0.29, 0.717) is 29.5 Å². The van der Waals surface area contributed by atoms with Crippen molar-refractivity contribution in [2.24, 2.45) is 35.0 Å². The molecule has 0 N–H and O–H groups in total. The standard InChI is InChI=1S/C18H22O/c1-4-9-18-10-7-8-14(18)15-12(5-2)11-13(6-3)16(15)17(18)19/h4-8,12-16H,1-3,9-11H2/t12-,13+,14-,15-,16-,18-/m1/s1. The monoisotopic (exact) mass is 254 g/mol. The first kappa shape index (κ1) is 12.7. The van der Waals surface area contributed by atoms with Crippen LogP contribution in [0.15, 0.2) is 50.1 Å². The SMILES string of the molecule is C=CC[C@@]12CC=C[C@@H]1[C@@H]1[C@H](C2=O)[C@@H](C=C)C[C@H]1C=C. The van der Waals surface area contributed by atoms with Gasteiger partial charge in [0.25, 0.3) is 0 Å². The molecular weight excluding hydrogens is 232 g/mol. The van der Waals surface area contributed by atoms with E-state index in [4.69, 9.17) is 0 Å². The second kappa shape index (κ2) is 4.33. The van der Waals surface area contributed by atoms with Crippen molar-refractivity contribution in [1.82, 2.24) is 0 Å². The Balaban J connectivity index is 2.06. The molecule has 19 heavy (non-hydrogen) atoms. The Labute approximate surface area is 115 Å². The maximum atomic E-state index is 13.0. The second-order valence-electron chi connectivity index (χ2n) is 6.31. The summed E-state index contributed by atoms with van der Waals surface area (Å²) in [6.45, 7) is 11.8. The zero-order valence-corrected chi connectivity index (χ0v) is 11.4. The van der Waals surface area contributed by atoms with Crippen LogP contribution in [0.5, 0.6) is 0 Å². The highest BCUT2D eigenvalue weighted by Crippen LogP contribution is 2.64. The maximum absolute atomic E-state index is 13.0.